The predicted molar refractivity (Wildman–Crippen MR) is 148 cm³/mol. The van der Waals surface area contributed by atoms with Crippen LogP contribution in [-0.4, -0.2) is 24.8 Å². The molecule has 0 aliphatic rings. The Balaban J connectivity index is 0.00000142. The van der Waals surface area contributed by atoms with E-state index in [2.05, 4.69) is 19.1 Å². The average molecular weight is 645 g/mol. The molecule has 212 valence electrons. The van der Waals surface area contributed by atoms with Gasteiger partial charge in [0, 0.05) is 17.5 Å². The summed E-state index contributed by atoms with van der Waals surface area (Å²) < 4.78 is 5.87. The van der Waals surface area contributed by atoms with Gasteiger partial charge in [0.1, 0.15) is 5.75 Å². The molecular formula is C31H35ClO6Pd. The Morgan fingerprint density at radius 3 is 1.87 bits per heavy atom. The molecule has 0 N–H and O–H groups in total. The van der Waals surface area contributed by atoms with Gasteiger partial charge in [-0.25, -0.2) is 0 Å². The van der Waals surface area contributed by atoms with E-state index in [1.165, 1.54) is 32.1 Å². The molecule has 0 aromatic heterocycles. The van der Waals surface area contributed by atoms with E-state index in [1.54, 1.807) is 0 Å². The van der Waals surface area contributed by atoms with Gasteiger partial charge in [0.15, 0.2) is 6.29 Å². The van der Waals surface area contributed by atoms with E-state index in [0.29, 0.717) is 17.2 Å². The molecule has 0 saturated carbocycles. The van der Waals surface area contributed by atoms with Crippen LogP contribution in [0.25, 0.3) is 22.3 Å². The van der Waals surface area contributed by atoms with Crippen LogP contribution in [0.5, 0.6) is 5.75 Å². The van der Waals surface area contributed by atoms with Crippen molar-refractivity contribution >= 4 is 29.8 Å². The van der Waals surface area contributed by atoms with Crippen LogP contribution in [0.15, 0.2) is 66.7 Å². The van der Waals surface area contributed by atoms with Crippen molar-refractivity contribution in [2.45, 2.75) is 59.3 Å². The SMILES string of the molecule is CC(=O)[O-].CC(=O)[O-].CCCCCCCCOc1ccc(-c2ccc(-c3ccccc3C=O)cc2)cc1Cl.[Pd+2]. The number of rotatable bonds is 11. The van der Waals surface area contributed by atoms with Crippen molar-refractivity contribution in [1.29, 1.82) is 0 Å². The maximum absolute atomic E-state index is 11.3. The minimum atomic E-state index is -1.08. The number of benzene rings is 3. The molecule has 0 spiro atoms. The van der Waals surface area contributed by atoms with E-state index in [-0.39, 0.29) is 20.4 Å². The van der Waals surface area contributed by atoms with Crippen molar-refractivity contribution < 1.29 is 49.8 Å². The van der Waals surface area contributed by atoms with Crippen LogP contribution in [0.4, 0.5) is 0 Å². The van der Waals surface area contributed by atoms with Crippen molar-refractivity contribution in [1.82, 2.24) is 0 Å². The van der Waals surface area contributed by atoms with Gasteiger partial charge >= 0.3 is 20.4 Å². The van der Waals surface area contributed by atoms with E-state index in [9.17, 15) is 4.79 Å². The number of halogens is 1. The largest absolute Gasteiger partial charge is 2.00 e. The number of carbonyl (C=O) groups excluding carboxylic acids is 3. The third-order valence-corrected chi connectivity index (χ3v) is 5.60. The Labute approximate surface area is 250 Å². The van der Waals surface area contributed by atoms with Crippen molar-refractivity contribution in [3.63, 3.8) is 0 Å². The molecule has 39 heavy (non-hydrogen) atoms. The van der Waals surface area contributed by atoms with Crippen LogP contribution in [0.1, 0.15) is 69.7 Å². The molecule has 3 aromatic carbocycles. The minimum absolute atomic E-state index is 0. The number of unbranched alkanes of at least 4 members (excludes halogenated alkanes) is 5. The van der Waals surface area contributed by atoms with Crippen LogP contribution in [0, 0.1) is 0 Å². The van der Waals surface area contributed by atoms with E-state index in [0.717, 1.165) is 54.6 Å². The summed E-state index contributed by atoms with van der Waals surface area (Å²) >= 11 is 6.46. The van der Waals surface area contributed by atoms with Gasteiger partial charge in [-0.1, -0.05) is 105 Å². The standard InChI is InChI=1S/C27H29ClO2.2C2H4O2.Pd/c1-2-3-4-5-6-9-18-30-27-17-16-23(19-26(27)28)21-12-14-22(15-13-21)25-11-8-7-10-24(25)20-29;2*1-2(3)4;/h7-8,10-17,19-20H,2-6,9,18H2,1H3;2*1H3,(H,3,4);/q;;;+2/p-2. The molecule has 3 aromatic rings. The van der Waals surface area contributed by atoms with Crippen LogP contribution >= 0.6 is 11.6 Å². The maximum Gasteiger partial charge on any atom is 2.00 e. The maximum atomic E-state index is 11.3. The molecule has 0 bridgehead atoms. The number of carbonyl (C=O) groups is 3. The number of carboxylic acid groups (broad SMARTS) is 2. The van der Waals surface area contributed by atoms with Gasteiger partial charge in [-0.15, -0.1) is 0 Å². The average Bonchev–Trinajstić information content (AvgIpc) is 2.88. The molecule has 8 heteroatoms. The van der Waals surface area contributed by atoms with E-state index >= 15 is 0 Å². The number of carboxylic acids is 2. The Kier molecular flexibility index (Phi) is 19.3. The number of hydrogen-bond donors (Lipinski definition) is 0. The molecule has 0 aliphatic heterocycles. The molecule has 6 nitrogen and oxygen atoms in total. The first kappa shape index (κ1) is 36.0. The summed E-state index contributed by atoms with van der Waals surface area (Å²) in [6.45, 7) is 4.88. The number of ether oxygens (including phenoxy) is 1. The van der Waals surface area contributed by atoms with Crippen molar-refractivity contribution in [3.05, 3.63) is 77.3 Å². The molecule has 0 heterocycles. The van der Waals surface area contributed by atoms with Gasteiger partial charge in [0.25, 0.3) is 0 Å². The molecule has 0 unspecified atom stereocenters. The predicted octanol–water partition coefficient (Wildman–Crippen LogP) is 5.74. The summed E-state index contributed by atoms with van der Waals surface area (Å²) in [6, 6.07) is 21.7. The van der Waals surface area contributed by atoms with Gasteiger partial charge in [-0.05, 0) is 54.7 Å². The topological polar surface area (TPSA) is 107 Å². The third-order valence-electron chi connectivity index (χ3n) is 5.30. The summed E-state index contributed by atoms with van der Waals surface area (Å²) in [7, 11) is 0. The third kappa shape index (κ3) is 15.3. The zero-order chi connectivity index (χ0) is 28.3. The molecular weight excluding hydrogens is 610 g/mol. The van der Waals surface area contributed by atoms with Crippen LogP contribution < -0.4 is 14.9 Å². The molecule has 0 saturated heterocycles. The number of hydrogen-bond acceptors (Lipinski definition) is 6. The van der Waals surface area contributed by atoms with Crippen LogP contribution in [0.3, 0.4) is 0 Å². The molecule has 0 amide bonds. The van der Waals surface area contributed by atoms with Gasteiger partial charge in [0.2, 0.25) is 0 Å². The summed E-state index contributed by atoms with van der Waals surface area (Å²) in [5.74, 6) is -1.43. The van der Waals surface area contributed by atoms with E-state index in [4.69, 9.17) is 36.1 Å². The molecule has 0 atom stereocenters. The smallest absolute Gasteiger partial charge is 0.550 e. The van der Waals surface area contributed by atoms with Gasteiger partial charge < -0.3 is 24.5 Å². The second-order valence-electron chi connectivity index (χ2n) is 8.53. The van der Waals surface area contributed by atoms with Gasteiger partial charge in [0.05, 0.1) is 11.6 Å². The first-order valence-corrected chi connectivity index (χ1v) is 13.0. The zero-order valence-corrected chi connectivity index (χ0v) is 24.8. The fourth-order valence-corrected chi connectivity index (χ4v) is 3.80. The Morgan fingerprint density at radius 2 is 1.31 bits per heavy atom. The summed E-state index contributed by atoms with van der Waals surface area (Å²) in [4.78, 5) is 29.1. The minimum Gasteiger partial charge on any atom is -0.550 e. The monoisotopic (exact) mass is 644 g/mol. The van der Waals surface area contributed by atoms with Crippen molar-refractivity contribution in [2.24, 2.45) is 0 Å². The molecule has 0 fully saturated rings. The number of aliphatic carboxylic acids is 2. The first-order chi connectivity index (χ1) is 18.2. The summed E-state index contributed by atoms with van der Waals surface area (Å²) in [6.07, 6.45) is 8.34. The van der Waals surface area contributed by atoms with Crippen LogP contribution in [0.2, 0.25) is 5.02 Å². The van der Waals surface area contributed by atoms with Crippen molar-refractivity contribution in [2.75, 3.05) is 6.61 Å². The Morgan fingerprint density at radius 1 is 0.795 bits per heavy atom. The Hall–Kier alpha value is -2.98. The normalized spacial score (nSPS) is 9.54. The van der Waals surface area contributed by atoms with Gasteiger partial charge in [-0.2, -0.15) is 0 Å². The molecule has 0 aliphatic carbocycles. The summed E-state index contributed by atoms with van der Waals surface area (Å²) in [5, 5.41) is 18.4. The van der Waals surface area contributed by atoms with Crippen LogP contribution in [-0.2, 0) is 30.0 Å². The first-order valence-electron chi connectivity index (χ1n) is 12.6. The van der Waals surface area contributed by atoms with Crippen molar-refractivity contribution in [3.8, 4) is 28.0 Å². The molecule has 0 radical (unpaired) electrons. The summed E-state index contributed by atoms with van der Waals surface area (Å²) in [5.41, 5.74) is 4.77. The fraction of sp³-hybridized carbons (Fsp3) is 0.323. The fourth-order valence-electron chi connectivity index (χ4n) is 3.57. The second-order valence-corrected chi connectivity index (χ2v) is 8.93. The van der Waals surface area contributed by atoms with E-state index < -0.39 is 11.9 Å². The molecule has 3 rings (SSSR count). The quantitative estimate of drug-likeness (QED) is 0.150. The zero-order valence-electron chi connectivity index (χ0n) is 22.5. The second kappa shape index (κ2) is 20.9. The van der Waals surface area contributed by atoms with Gasteiger partial charge in [-0.3, -0.25) is 4.79 Å². The Bertz CT molecular complexity index is 1130. The number of aldehydes is 1. The van der Waals surface area contributed by atoms with E-state index in [1.807, 2.05) is 54.6 Å².